The first-order valence-corrected chi connectivity index (χ1v) is 9.03. The van der Waals surface area contributed by atoms with Gasteiger partial charge in [0, 0.05) is 18.7 Å². The van der Waals surface area contributed by atoms with Gasteiger partial charge in [0.25, 0.3) is 5.91 Å². The maximum atomic E-state index is 13.1. The van der Waals surface area contributed by atoms with Crippen LogP contribution in [0.4, 0.5) is 0 Å². The Balaban J connectivity index is 1.92. The minimum Gasteiger partial charge on any atom is -0.352 e. The highest BCUT2D eigenvalue weighted by atomic mass is 16.2. The van der Waals surface area contributed by atoms with E-state index in [0.717, 1.165) is 11.1 Å². The largest absolute Gasteiger partial charge is 0.352 e. The summed E-state index contributed by atoms with van der Waals surface area (Å²) in [5.41, 5.74) is 3.76. The number of amides is 2. The van der Waals surface area contributed by atoms with Gasteiger partial charge in [-0.15, -0.1) is 0 Å². The molecular formula is C22H26N2O2. The predicted molar refractivity (Wildman–Crippen MR) is 103 cm³/mol. The molecule has 3 rings (SSSR count). The smallest absolute Gasteiger partial charge is 0.254 e. The van der Waals surface area contributed by atoms with Crippen LogP contribution in [0.15, 0.2) is 48.5 Å². The third-order valence-corrected chi connectivity index (χ3v) is 4.83. The van der Waals surface area contributed by atoms with E-state index < -0.39 is 6.04 Å². The number of benzene rings is 2. The highest BCUT2D eigenvalue weighted by Crippen LogP contribution is 2.27. The van der Waals surface area contributed by atoms with Gasteiger partial charge < -0.3 is 10.2 Å². The van der Waals surface area contributed by atoms with Crippen LogP contribution in [0.25, 0.3) is 0 Å². The van der Waals surface area contributed by atoms with Gasteiger partial charge in [0.1, 0.15) is 6.04 Å². The van der Waals surface area contributed by atoms with Crippen LogP contribution in [0, 0.1) is 6.92 Å². The maximum absolute atomic E-state index is 13.1. The first-order valence-electron chi connectivity index (χ1n) is 9.03. The van der Waals surface area contributed by atoms with Crippen molar-refractivity contribution in [3.63, 3.8) is 0 Å². The van der Waals surface area contributed by atoms with Crippen molar-refractivity contribution < 1.29 is 9.59 Å². The summed E-state index contributed by atoms with van der Waals surface area (Å²) in [6.07, 6.45) is 0. The van der Waals surface area contributed by atoms with Crippen molar-refractivity contribution in [3.05, 3.63) is 70.8 Å². The first kappa shape index (κ1) is 18.2. The van der Waals surface area contributed by atoms with Gasteiger partial charge in [-0.05, 0) is 35.6 Å². The molecule has 1 aliphatic heterocycles. The van der Waals surface area contributed by atoms with E-state index in [9.17, 15) is 9.59 Å². The summed E-state index contributed by atoms with van der Waals surface area (Å²) in [6.45, 7) is 9.41. The fourth-order valence-corrected chi connectivity index (χ4v) is 3.34. The van der Waals surface area contributed by atoms with Crippen molar-refractivity contribution in [1.82, 2.24) is 10.2 Å². The second-order valence-corrected chi connectivity index (χ2v) is 7.93. The second-order valence-electron chi connectivity index (χ2n) is 7.93. The molecule has 1 atom stereocenters. The summed E-state index contributed by atoms with van der Waals surface area (Å²) in [6, 6.07) is 14.9. The van der Waals surface area contributed by atoms with Gasteiger partial charge in [-0.1, -0.05) is 62.7 Å². The van der Waals surface area contributed by atoms with Crippen molar-refractivity contribution >= 4 is 11.8 Å². The van der Waals surface area contributed by atoms with E-state index in [0.29, 0.717) is 18.7 Å². The zero-order valence-electron chi connectivity index (χ0n) is 15.9. The van der Waals surface area contributed by atoms with Gasteiger partial charge in [-0.2, -0.15) is 0 Å². The number of piperazine rings is 1. The molecule has 0 radical (unpaired) electrons. The molecule has 1 fully saturated rings. The summed E-state index contributed by atoms with van der Waals surface area (Å²) in [5, 5.41) is 2.88. The molecule has 1 heterocycles. The fraction of sp³-hybridized carbons (Fsp3) is 0.364. The Morgan fingerprint density at radius 1 is 1.12 bits per heavy atom. The Morgan fingerprint density at radius 2 is 1.81 bits per heavy atom. The number of hydrogen-bond donors (Lipinski definition) is 1. The molecular weight excluding hydrogens is 324 g/mol. The van der Waals surface area contributed by atoms with E-state index in [1.807, 2.05) is 55.5 Å². The van der Waals surface area contributed by atoms with Crippen LogP contribution >= 0.6 is 0 Å². The van der Waals surface area contributed by atoms with Gasteiger partial charge in [0.15, 0.2) is 0 Å². The lowest BCUT2D eigenvalue weighted by Crippen LogP contribution is -2.52. The monoisotopic (exact) mass is 350 g/mol. The van der Waals surface area contributed by atoms with Crippen LogP contribution in [-0.4, -0.2) is 29.8 Å². The van der Waals surface area contributed by atoms with Crippen LogP contribution in [0.5, 0.6) is 0 Å². The standard InChI is InChI=1S/C22H26N2O2/c1-15-6-5-7-17(14-15)19-20(25)23-12-13-24(19)21(26)16-8-10-18(11-9-16)22(2,3)4/h5-11,14,19H,12-13H2,1-4H3,(H,23,25). The molecule has 4 heteroatoms. The zero-order chi connectivity index (χ0) is 18.9. The molecule has 4 nitrogen and oxygen atoms in total. The van der Waals surface area contributed by atoms with E-state index in [2.05, 4.69) is 26.1 Å². The predicted octanol–water partition coefficient (Wildman–Crippen LogP) is 3.61. The molecule has 0 bridgehead atoms. The molecule has 26 heavy (non-hydrogen) atoms. The van der Waals surface area contributed by atoms with Gasteiger partial charge in [0.2, 0.25) is 5.91 Å². The molecule has 0 aromatic heterocycles. The molecule has 0 saturated carbocycles. The number of aryl methyl sites for hydroxylation is 1. The Bertz CT molecular complexity index is 819. The Morgan fingerprint density at radius 3 is 2.42 bits per heavy atom. The quantitative estimate of drug-likeness (QED) is 0.899. The first-order chi connectivity index (χ1) is 12.3. The number of carbonyl (C=O) groups excluding carboxylic acids is 2. The lowest BCUT2D eigenvalue weighted by atomic mass is 9.86. The number of nitrogens with zero attached hydrogens (tertiary/aromatic N) is 1. The summed E-state index contributed by atoms with van der Waals surface area (Å²) in [4.78, 5) is 27.3. The lowest BCUT2D eigenvalue weighted by molar-refractivity contribution is -0.128. The molecule has 1 unspecified atom stereocenters. The topological polar surface area (TPSA) is 49.4 Å². The summed E-state index contributed by atoms with van der Waals surface area (Å²) in [5.74, 6) is -0.228. The second kappa shape index (κ2) is 6.94. The van der Waals surface area contributed by atoms with E-state index in [1.54, 1.807) is 4.90 Å². The minimum atomic E-state index is -0.585. The molecule has 136 valence electrons. The SMILES string of the molecule is Cc1cccc(C2C(=O)NCCN2C(=O)c2ccc(C(C)(C)C)cc2)c1. The normalized spacial score (nSPS) is 17.8. The number of rotatable bonds is 2. The van der Waals surface area contributed by atoms with Gasteiger partial charge in [-0.25, -0.2) is 0 Å². The van der Waals surface area contributed by atoms with Crippen molar-refractivity contribution in [3.8, 4) is 0 Å². The molecule has 0 aliphatic carbocycles. The van der Waals surface area contributed by atoms with Crippen LogP contribution < -0.4 is 5.32 Å². The van der Waals surface area contributed by atoms with E-state index in [-0.39, 0.29) is 17.2 Å². The molecule has 2 aromatic rings. The average molecular weight is 350 g/mol. The Labute approximate surface area is 155 Å². The zero-order valence-corrected chi connectivity index (χ0v) is 15.9. The number of carbonyl (C=O) groups is 2. The van der Waals surface area contributed by atoms with E-state index in [1.165, 1.54) is 5.56 Å². The van der Waals surface area contributed by atoms with Crippen LogP contribution in [0.2, 0.25) is 0 Å². The molecule has 0 spiro atoms. The van der Waals surface area contributed by atoms with Crippen LogP contribution in [0.1, 0.15) is 53.9 Å². The fourth-order valence-electron chi connectivity index (χ4n) is 3.34. The Kier molecular flexibility index (Phi) is 4.86. The van der Waals surface area contributed by atoms with E-state index >= 15 is 0 Å². The summed E-state index contributed by atoms with van der Waals surface area (Å²) < 4.78 is 0. The molecule has 1 N–H and O–H groups in total. The summed E-state index contributed by atoms with van der Waals surface area (Å²) in [7, 11) is 0. The maximum Gasteiger partial charge on any atom is 0.254 e. The minimum absolute atomic E-state index is 0.0384. The molecule has 2 aromatic carbocycles. The Hall–Kier alpha value is -2.62. The lowest BCUT2D eigenvalue weighted by Gasteiger charge is -2.35. The molecule has 1 aliphatic rings. The van der Waals surface area contributed by atoms with Crippen molar-refractivity contribution in [2.24, 2.45) is 0 Å². The highest BCUT2D eigenvalue weighted by molar-refractivity contribution is 5.98. The van der Waals surface area contributed by atoms with Gasteiger partial charge >= 0.3 is 0 Å². The van der Waals surface area contributed by atoms with Crippen LogP contribution in [0.3, 0.4) is 0 Å². The van der Waals surface area contributed by atoms with Crippen LogP contribution in [-0.2, 0) is 10.2 Å². The van der Waals surface area contributed by atoms with E-state index in [4.69, 9.17) is 0 Å². The van der Waals surface area contributed by atoms with Crippen molar-refractivity contribution in [2.75, 3.05) is 13.1 Å². The number of nitrogens with one attached hydrogen (secondary N) is 1. The summed E-state index contributed by atoms with van der Waals surface area (Å²) >= 11 is 0. The molecule has 2 amide bonds. The molecule has 1 saturated heterocycles. The third-order valence-electron chi connectivity index (χ3n) is 4.83. The third kappa shape index (κ3) is 3.64. The number of hydrogen-bond acceptors (Lipinski definition) is 2. The highest BCUT2D eigenvalue weighted by Gasteiger charge is 2.34. The van der Waals surface area contributed by atoms with Crippen molar-refractivity contribution in [1.29, 1.82) is 0 Å². The van der Waals surface area contributed by atoms with Crippen molar-refractivity contribution in [2.45, 2.75) is 39.2 Å². The van der Waals surface area contributed by atoms with Gasteiger partial charge in [0.05, 0.1) is 0 Å². The van der Waals surface area contributed by atoms with Gasteiger partial charge in [-0.3, -0.25) is 9.59 Å². The average Bonchev–Trinajstić information content (AvgIpc) is 2.60.